The van der Waals surface area contributed by atoms with Gasteiger partial charge in [-0.1, -0.05) is 6.07 Å². The van der Waals surface area contributed by atoms with Crippen LogP contribution in [0.4, 0.5) is 10.2 Å². The van der Waals surface area contributed by atoms with Gasteiger partial charge < -0.3 is 24.5 Å². The summed E-state index contributed by atoms with van der Waals surface area (Å²) in [5.41, 5.74) is 2.14. The van der Waals surface area contributed by atoms with Crippen LogP contribution in [0.5, 0.6) is 11.5 Å². The fourth-order valence-corrected chi connectivity index (χ4v) is 4.96. The number of anilines is 1. The van der Waals surface area contributed by atoms with Gasteiger partial charge in [0.25, 0.3) is 0 Å². The van der Waals surface area contributed by atoms with Crippen LogP contribution in [0.1, 0.15) is 30.5 Å². The number of halogens is 1. The van der Waals surface area contributed by atoms with Crippen molar-refractivity contribution in [1.82, 2.24) is 14.5 Å². The summed E-state index contributed by atoms with van der Waals surface area (Å²) in [7, 11) is 1.60. The molecule has 1 aromatic carbocycles. The highest BCUT2D eigenvalue weighted by molar-refractivity contribution is 7.15. The third-order valence-electron chi connectivity index (χ3n) is 5.40. The van der Waals surface area contributed by atoms with E-state index in [1.54, 1.807) is 20.1 Å². The van der Waals surface area contributed by atoms with Crippen molar-refractivity contribution in [3.63, 3.8) is 0 Å². The van der Waals surface area contributed by atoms with Gasteiger partial charge in [-0.25, -0.2) is 14.4 Å². The summed E-state index contributed by atoms with van der Waals surface area (Å²) in [6, 6.07) is 8.77. The summed E-state index contributed by atoms with van der Waals surface area (Å²) >= 11 is 1.45. The maximum atomic E-state index is 14.6. The molecule has 0 spiro atoms. The smallest absolute Gasteiger partial charge is 0.147 e. The minimum Gasteiger partial charge on any atom is -0.494 e. The monoisotopic (exact) mass is 470 g/mol. The van der Waals surface area contributed by atoms with Gasteiger partial charge in [-0.15, -0.1) is 11.3 Å². The van der Waals surface area contributed by atoms with Crippen LogP contribution in [0.3, 0.4) is 0 Å². The lowest BCUT2D eigenvalue weighted by atomic mass is 10.2. The molecule has 1 unspecified atom stereocenters. The van der Waals surface area contributed by atoms with E-state index in [0.29, 0.717) is 42.5 Å². The highest BCUT2D eigenvalue weighted by Crippen LogP contribution is 2.39. The van der Waals surface area contributed by atoms with Crippen LogP contribution >= 0.6 is 11.3 Å². The number of aliphatic hydroxyl groups excluding tert-OH is 1. The Labute approximate surface area is 195 Å². The first kappa shape index (κ1) is 23.0. The zero-order chi connectivity index (χ0) is 23.5. The van der Waals surface area contributed by atoms with Gasteiger partial charge in [0, 0.05) is 30.6 Å². The number of aliphatic hydroxyl groups is 1. The number of para-hydroxylation sites is 1. The lowest BCUT2D eigenvalue weighted by molar-refractivity contribution is 0.196. The first-order chi connectivity index (χ1) is 15.9. The third kappa shape index (κ3) is 4.51. The molecule has 33 heavy (non-hydrogen) atoms. The first-order valence-electron chi connectivity index (χ1n) is 10.8. The van der Waals surface area contributed by atoms with Crippen molar-refractivity contribution in [3.8, 4) is 22.1 Å². The molecular weight excluding hydrogens is 443 g/mol. The number of fused-ring (bicyclic) bond motifs is 1. The van der Waals surface area contributed by atoms with Crippen molar-refractivity contribution >= 4 is 28.1 Å². The number of nitrogens with zero attached hydrogens (tertiary/aromatic N) is 3. The molecule has 0 radical (unpaired) electrons. The van der Waals surface area contributed by atoms with E-state index in [1.807, 2.05) is 36.6 Å². The summed E-state index contributed by atoms with van der Waals surface area (Å²) in [5, 5.41) is 14.1. The average molecular weight is 471 g/mol. The quantitative estimate of drug-likeness (QED) is 0.351. The zero-order valence-corrected chi connectivity index (χ0v) is 19.9. The Balaban J connectivity index is 1.53. The molecule has 0 amide bonds. The van der Waals surface area contributed by atoms with Crippen LogP contribution in [0, 0.1) is 12.7 Å². The van der Waals surface area contributed by atoms with Crippen molar-refractivity contribution in [3.05, 3.63) is 53.0 Å². The number of hydrogen-bond acceptors (Lipinski definition) is 7. The molecule has 0 aliphatic rings. The van der Waals surface area contributed by atoms with Crippen LogP contribution in [0.15, 0.2) is 36.7 Å². The van der Waals surface area contributed by atoms with E-state index < -0.39 is 6.10 Å². The standard InChI is InChI=1S/C24H27FN4O3S/c1-5-32-19-12-20(33-24(19)15(3)30)18-11-21(28-13-27-18)26-9-10-29-14(2)23(31-4)16-7-6-8-17(25)22(16)29/h6-8,11-13,15,30H,5,9-10H2,1-4H3,(H,26,27,28). The van der Waals surface area contributed by atoms with E-state index in [2.05, 4.69) is 15.3 Å². The number of thiophene rings is 1. The van der Waals surface area contributed by atoms with Crippen LogP contribution < -0.4 is 14.8 Å². The van der Waals surface area contributed by atoms with Gasteiger partial charge in [-0.2, -0.15) is 0 Å². The average Bonchev–Trinajstić information content (AvgIpc) is 3.34. The van der Waals surface area contributed by atoms with Gasteiger partial charge in [0.15, 0.2) is 0 Å². The Morgan fingerprint density at radius 1 is 1.27 bits per heavy atom. The van der Waals surface area contributed by atoms with Crippen LogP contribution in [-0.4, -0.2) is 39.9 Å². The summed E-state index contributed by atoms with van der Waals surface area (Å²) in [6.07, 6.45) is 0.875. The SMILES string of the molecule is CCOc1cc(-c2cc(NCCn3c(C)c(OC)c4cccc(F)c43)ncn2)sc1C(C)O. The molecule has 2 N–H and O–H groups in total. The predicted octanol–water partition coefficient (Wildman–Crippen LogP) is 5.18. The molecule has 9 heteroatoms. The number of rotatable bonds is 9. The lowest BCUT2D eigenvalue weighted by Gasteiger charge is -2.11. The molecule has 4 aromatic rings. The Morgan fingerprint density at radius 3 is 2.82 bits per heavy atom. The zero-order valence-electron chi connectivity index (χ0n) is 19.1. The van der Waals surface area contributed by atoms with Gasteiger partial charge >= 0.3 is 0 Å². The minimum atomic E-state index is -0.623. The number of ether oxygens (including phenoxy) is 2. The Kier molecular flexibility index (Phi) is 6.80. The van der Waals surface area contributed by atoms with Crippen molar-refractivity contribution < 1.29 is 19.0 Å². The van der Waals surface area contributed by atoms with E-state index in [4.69, 9.17) is 9.47 Å². The maximum Gasteiger partial charge on any atom is 0.147 e. The van der Waals surface area contributed by atoms with Crippen LogP contribution in [0.25, 0.3) is 21.5 Å². The van der Waals surface area contributed by atoms with E-state index in [-0.39, 0.29) is 5.82 Å². The van der Waals surface area contributed by atoms with E-state index in [0.717, 1.165) is 26.5 Å². The molecular formula is C24H27FN4O3S. The fraction of sp³-hybridized carbons (Fsp3) is 0.333. The topological polar surface area (TPSA) is 81.4 Å². The van der Waals surface area contributed by atoms with E-state index in [9.17, 15) is 9.50 Å². The van der Waals surface area contributed by atoms with Gasteiger partial charge in [0.2, 0.25) is 0 Å². The summed E-state index contributed by atoms with van der Waals surface area (Å²) < 4.78 is 27.7. The lowest BCUT2D eigenvalue weighted by Crippen LogP contribution is -2.13. The summed E-state index contributed by atoms with van der Waals surface area (Å²) in [6.45, 7) is 7.14. The molecule has 0 aliphatic carbocycles. The number of aromatic nitrogens is 3. The molecule has 0 saturated heterocycles. The van der Waals surface area contributed by atoms with Crippen LogP contribution in [-0.2, 0) is 6.54 Å². The van der Waals surface area contributed by atoms with Crippen molar-refractivity contribution in [2.24, 2.45) is 0 Å². The predicted molar refractivity (Wildman–Crippen MR) is 129 cm³/mol. The highest BCUT2D eigenvalue weighted by atomic mass is 32.1. The van der Waals surface area contributed by atoms with Crippen molar-refractivity contribution in [1.29, 1.82) is 0 Å². The molecule has 3 aromatic heterocycles. The molecule has 7 nitrogen and oxygen atoms in total. The van der Waals surface area contributed by atoms with Gasteiger partial charge in [0.1, 0.15) is 29.5 Å². The molecule has 1 atom stereocenters. The van der Waals surface area contributed by atoms with E-state index >= 15 is 0 Å². The third-order valence-corrected chi connectivity index (χ3v) is 6.71. The minimum absolute atomic E-state index is 0.278. The molecule has 174 valence electrons. The highest BCUT2D eigenvalue weighted by Gasteiger charge is 2.18. The van der Waals surface area contributed by atoms with Crippen molar-refractivity contribution in [2.75, 3.05) is 25.6 Å². The number of methoxy groups -OCH3 is 1. The van der Waals surface area contributed by atoms with Crippen molar-refractivity contribution in [2.45, 2.75) is 33.4 Å². The first-order valence-corrected chi connectivity index (χ1v) is 11.6. The molecule has 0 aliphatic heterocycles. The largest absolute Gasteiger partial charge is 0.494 e. The van der Waals surface area contributed by atoms with Gasteiger partial charge in [-0.3, -0.25) is 0 Å². The number of hydrogen-bond donors (Lipinski definition) is 2. The summed E-state index contributed by atoms with van der Waals surface area (Å²) in [5.74, 6) is 1.74. The van der Waals surface area contributed by atoms with E-state index in [1.165, 1.54) is 23.7 Å². The Morgan fingerprint density at radius 2 is 2.09 bits per heavy atom. The Hall–Kier alpha value is -3.17. The molecule has 3 heterocycles. The second-order valence-electron chi connectivity index (χ2n) is 7.57. The molecule has 0 fully saturated rings. The Bertz CT molecular complexity index is 1270. The number of benzene rings is 1. The number of nitrogens with one attached hydrogen (secondary N) is 1. The molecule has 0 bridgehead atoms. The maximum absolute atomic E-state index is 14.6. The second kappa shape index (κ2) is 9.76. The van der Waals surface area contributed by atoms with Crippen LogP contribution in [0.2, 0.25) is 0 Å². The second-order valence-corrected chi connectivity index (χ2v) is 8.65. The fourth-order valence-electron chi connectivity index (χ4n) is 3.95. The normalized spacial score (nSPS) is 12.2. The van der Waals surface area contributed by atoms with Gasteiger partial charge in [0.05, 0.1) is 46.5 Å². The molecule has 4 rings (SSSR count). The van der Waals surface area contributed by atoms with Gasteiger partial charge in [-0.05, 0) is 32.9 Å². The summed E-state index contributed by atoms with van der Waals surface area (Å²) in [4.78, 5) is 10.4. The molecule has 0 saturated carbocycles.